The highest BCUT2D eigenvalue weighted by Crippen LogP contribution is 2.58. The molecule has 7 rings (SSSR count). The van der Waals surface area contributed by atoms with E-state index < -0.39 is 40.8 Å². The number of benzene rings is 1. The molecule has 3 heterocycles. The van der Waals surface area contributed by atoms with Crippen molar-refractivity contribution >= 4 is 40.3 Å². The maximum atomic E-state index is 14.7. The first-order valence-electron chi connectivity index (χ1n) is 19.8. The number of pyridine rings is 1. The topological polar surface area (TPSA) is 162 Å². The van der Waals surface area contributed by atoms with Gasteiger partial charge in [-0.25, -0.2) is 9.67 Å². The summed E-state index contributed by atoms with van der Waals surface area (Å²) in [6.45, 7) is 11.8. The number of carboxylic acids is 1. The van der Waals surface area contributed by atoms with Crippen molar-refractivity contribution in [3.05, 3.63) is 36.5 Å². The van der Waals surface area contributed by atoms with E-state index in [1.807, 2.05) is 65.8 Å². The summed E-state index contributed by atoms with van der Waals surface area (Å²) in [5, 5.41) is 18.9. The standard InChI is InChI=1S/C42H55N5O8/c1-8-26-20-42(26,40(51)52)21-34(48)33-17-29(22-46(33)39(50)31(41(4,5)6)18-38(49)55-28-14-24-13-25(24)15-28)54-35-19-37(47-12-11-36(45-47)43-23(2)3)44-32-16-27(53-7)9-10-30(32)35/h9-12,16,19,23-26,28-29,31,33H,8,13-15,17-18,20-22H2,1-7H3,(H,43,45)(H,51,52)/t24-,25+,26-,28?,29-,31-,33+,42-/m1/s1. The Labute approximate surface area is 322 Å². The lowest BCUT2D eigenvalue weighted by Crippen LogP contribution is -2.48. The third-order valence-corrected chi connectivity index (χ3v) is 12.3. The first-order chi connectivity index (χ1) is 26.1. The molecule has 1 unspecified atom stereocenters. The minimum Gasteiger partial charge on any atom is -0.497 e. The zero-order valence-corrected chi connectivity index (χ0v) is 33.0. The van der Waals surface area contributed by atoms with E-state index in [1.165, 1.54) is 6.42 Å². The second-order valence-corrected chi connectivity index (χ2v) is 17.7. The number of Topliss-reactive ketones (excluding diaryl/α,β-unsaturated/α-hetero) is 1. The summed E-state index contributed by atoms with van der Waals surface area (Å²) in [6.07, 6.45) is 5.03. The number of ketones is 1. The normalized spacial score (nSPS) is 27.5. The van der Waals surface area contributed by atoms with Crippen LogP contribution in [0.3, 0.4) is 0 Å². The van der Waals surface area contributed by atoms with Crippen LogP contribution in [0, 0.1) is 34.5 Å². The predicted molar refractivity (Wildman–Crippen MR) is 205 cm³/mol. The Morgan fingerprint density at radius 2 is 1.78 bits per heavy atom. The number of hydrogen-bond acceptors (Lipinski definition) is 10. The van der Waals surface area contributed by atoms with Crippen LogP contribution in [-0.4, -0.2) is 86.3 Å². The van der Waals surface area contributed by atoms with Gasteiger partial charge in [-0.15, -0.1) is 5.10 Å². The SMILES string of the molecule is CC[C@@H]1C[C@]1(CC(=O)[C@@H]1C[C@@H](Oc2cc(-n3ccc(NC(C)C)n3)nc3cc(OC)ccc23)CN1C(=O)[C@@H](CC(=O)OC1C[C@@H]2C[C@@H]2C1)C(C)(C)C)C(=O)O. The minimum atomic E-state index is -1.13. The lowest BCUT2D eigenvalue weighted by molar-refractivity contribution is -0.157. The second kappa shape index (κ2) is 14.8. The number of aliphatic carboxylic acids is 1. The van der Waals surface area contributed by atoms with Crippen molar-refractivity contribution < 1.29 is 38.5 Å². The number of amides is 1. The van der Waals surface area contributed by atoms with Crippen LogP contribution in [0.4, 0.5) is 5.82 Å². The number of carboxylic acid groups (broad SMARTS) is 1. The van der Waals surface area contributed by atoms with E-state index in [0.717, 1.165) is 12.8 Å². The fourth-order valence-electron chi connectivity index (χ4n) is 8.96. The highest BCUT2D eigenvalue weighted by Gasteiger charge is 2.61. The van der Waals surface area contributed by atoms with Crippen molar-refractivity contribution in [2.24, 2.45) is 34.5 Å². The van der Waals surface area contributed by atoms with E-state index in [4.69, 9.17) is 19.2 Å². The van der Waals surface area contributed by atoms with Crippen LogP contribution in [-0.2, 0) is 23.9 Å². The van der Waals surface area contributed by atoms with Crippen molar-refractivity contribution in [2.75, 3.05) is 19.0 Å². The number of fused-ring (bicyclic) bond motifs is 2. The lowest BCUT2D eigenvalue weighted by atomic mass is 9.77. The predicted octanol–water partition coefficient (Wildman–Crippen LogP) is 6.45. The Hall–Kier alpha value is -4.68. The van der Waals surface area contributed by atoms with Gasteiger partial charge in [0.2, 0.25) is 5.91 Å². The number of nitrogens with one attached hydrogen (secondary N) is 1. The summed E-state index contributed by atoms with van der Waals surface area (Å²) in [7, 11) is 1.58. The molecule has 1 aromatic carbocycles. The van der Waals surface area contributed by atoms with E-state index in [1.54, 1.807) is 29.0 Å². The van der Waals surface area contributed by atoms with Crippen LogP contribution in [0.5, 0.6) is 11.5 Å². The molecule has 2 N–H and O–H groups in total. The third kappa shape index (κ3) is 8.02. The molecule has 13 nitrogen and oxygen atoms in total. The number of anilines is 1. The summed E-state index contributed by atoms with van der Waals surface area (Å²) in [4.78, 5) is 61.3. The van der Waals surface area contributed by atoms with Crippen LogP contribution in [0.15, 0.2) is 36.5 Å². The van der Waals surface area contributed by atoms with Crippen LogP contribution < -0.4 is 14.8 Å². The summed E-state index contributed by atoms with van der Waals surface area (Å²) in [5.41, 5.74) is -1.15. The second-order valence-electron chi connectivity index (χ2n) is 17.7. The third-order valence-electron chi connectivity index (χ3n) is 12.3. The number of esters is 1. The summed E-state index contributed by atoms with van der Waals surface area (Å²) >= 11 is 0. The van der Waals surface area contributed by atoms with Crippen LogP contribution in [0.25, 0.3) is 16.7 Å². The monoisotopic (exact) mass is 757 g/mol. The average Bonchev–Trinajstić information content (AvgIpc) is 3.79. The Morgan fingerprint density at radius 3 is 2.42 bits per heavy atom. The van der Waals surface area contributed by atoms with Gasteiger partial charge in [-0.2, -0.15) is 0 Å². The maximum absolute atomic E-state index is 14.7. The lowest BCUT2D eigenvalue weighted by Gasteiger charge is -2.35. The molecular formula is C42H55N5O8. The quantitative estimate of drug-likeness (QED) is 0.164. The number of aromatic nitrogens is 3. The number of ether oxygens (including phenoxy) is 3. The molecular weight excluding hydrogens is 702 g/mol. The Morgan fingerprint density at radius 1 is 1.04 bits per heavy atom. The molecule has 3 saturated carbocycles. The number of methoxy groups -OCH3 is 1. The zero-order chi connectivity index (χ0) is 39.4. The molecule has 13 heteroatoms. The van der Waals surface area contributed by atoms with E-state index in [9.17, 15) is 24.3 Å². The molecule has 3 aliphatic carbocycles. The molecule has 8 atom stereocenters. The molecule has 4 fully saturated rings. The molecule has 0 bridgehead atoms. The molecule has 0 spiro atoms. The molecule has 55 heavy (non-hydrogen) atoms. The average molecular weight is 758 g/mol. The highest BCUT2D eigenvalue weighted by atomic mass is 16.5. The van der Waals surface area contributed by atoms with Crippen LogP contribution in [0.2, 0.25) is 0 Å². The number of hydrogen-bond donors (Lipinski definition) is 2. The van der Waals surface area contributed by atoms with Crippen molar-refractivity contribution in [3.63, 3.8) is 0 Å². The van der Waals surface area contributed by atoms with Crippen molar-refractivity contribution in [3.8, 4) is 17.3 Å². The van der Waals surface area contributed by atoms with Crippen molar-refractivity contribution in [1.29, 1.82) is 0 Å². The van der Waals surface area contributed by atoms with Gasteiger partial charge in [0, 0.05) is 48.7 Å². The van der Waals surface area contributed by atoms with E-state index >= 15 is 0 Å². The van der Waals surface area contributed by atoms with E-state index in [2.05, 4.69) is 10.4 Å². The summed E-state index contributed by atoms with van der Waals surface area (Å²) < 4.78 is 19.8. The molecule has 1 saturated heterocycles. The van der Waals surface area contributed by atoms with Gasteiger partial charge in [0.15, 0.2) is 11.6 Å². The van der Waals surface area contributed by atoms with Gasteiger partial charge < -0.3 is 29.5 Å². The van der Waals surface area contributed by atoms with Crippen LogP contribution in [0.1, 0.15) is 92.9 Å². The molecule has 2 aromatic heterocycles. The van der Waals surface area contributed by atoms with Gasteiger partial charge >= 0.3 is 11.9 Å². The van der Waals surface area contributed by atoms with Gasteiger partial charge in [-0.1, -0.05) is 34.1 Å². The minimum absolute atomic E-state index is 0.0830. The molecule has 1 aliphatic heterocycles. The van der Waals surface area contributed by atoms with Crippen molar-refractivity contribution in [1.82, 2.24) is 19.7 Å². The molecule has 4 aliphatic rings. The number of carbonyl (C=O) groups is 4. The van der Waals surface area contributed by atoms with Gasteiger partial charge in [-0.05, 0) is 74.8 Å². The van der Waals surface area contributed by atoms with E-state index in [0.29, 0.717) is 58.7 Å². The van der Waals surface area contributed by atoms with Crippen LogP contribution >= 0.6 is 0 Å². The molecule has 1 amide bonds. The van der Waals surface area contributed by atoms with Crippen molar-refractivity contribution in [2.45, 2.75) is 117 Å². The number of likely N-dealkylation sites (tertiary alicyclic amines) is 1. The number of nitrogens with zero attached hydrogens (tertiary/aromatic N) is 4. The smallest absolute Gasteiger partial charge is 0.310 e. The fourth-order valence-corrected chi connectivity index (χ4v) is 8.96. The first kappa shape index (κ1) is 38.6. The van der Waals surface area contributed by atoms with Gasteiger partial charge in [0.25, 0.3) is 0 Å². The molecule has 3 aromatic rings. The Bertz CT molecular complexity index is 1960. The van der Waals surface area contributed by atoms with Gasteiger partial charge in [0.05, 0.1) is 43.0 Å². The molecule has 0 radical (unpaired) electrons. The number of rotatable bonds is 15. The largest absolute Gasteiger partial charge is 0.497 e. The van der Waals surface area contributed by atoms with Gasteiger partial charge in [-0.3, -0.25) is 19.2 Å². The maximum Gasteiger partial charge on any atom is 0.310 e. The zero-order valence-electron chi connectivity index (χ0n) is 33.0. The number of carbonyl (C=O) groups excluding carboxylic acids is 3. The van der Waals surface area contributed by atoms with E-state index in [-0.39, 0.29) is 55.6 Å². The Balaban J connectivity index is 1.18. The molecule has 296 valence electrons. The highest BCUT2D eigenvalue weighted by molar-refractivity contribution is 5.95. The summed E-state index contributed by atoms with van der Waals surface area (Å²) in [5.74, 6) is 0.709. The van der Waals surface area contributed by atoms with Gasteiger partial charge in [0.1, 0.15) is 29.5 Å². The summed E-state index contributed by atoms with van der Waals surface area (Å²) in [6, 6.07) is 8.40. The fraction of sp³-hybridized carbons (Fsp3) is 0.619. The first-order valence-corrected chi connectivity index (χ1v) is 19.8. The Kier molecular flexibility index (Phi) is 10.4.